The zero-order chi connectivity index (χ0) is 91.8. The largest absolute Gasteiger partial charge is 0.464 e. The second-order valence-electron chi connectivity index (χ2n) is 30.4. The average Bonchev–Trinajstić information content (AvgIpc) is 1.48. The average molecular weight is 1770 g/mol. The van der Waals surface area contributed by atoms with Gasteiger partial charge in [-0.3, -0.25) is 14.6 Å². The maximum atomic E-state index is 5.12. The van der Waals surface area contributed by atoms with E-state index >= 15 is 0 Å². The summed E-state index contributed by atoms with van der Waals surface area (Å²) in [5.41, 5.74) is 16.6. The Morgan fingerprint density at radius 1 is 0.368 bits per heavy atom. The maximum absolute atomic E-state index is 5.12. The molecule has 18 heteroatoms. The summed E-state index contributed by atoms with van der Waals surface area (Å²) in [4.78, 5) is 29.0. The fourth-order valence-electron chi connectivity index (χ4n) is 14.0. The highest BCUT2D eigenvalue weighted by molar-refractivity contribution is 7.16. The first kappa shape index (κ1) is 98.0. The molecule has 5 N–H and O–H groups in total. The van der Waals surface area contributed by atoms with Crippen LogP contribution in [0.4, 0.5) is 0 Å². The Hall–Kier alpha value is -15.6. The molecule has 17 nitrogen and oxygen atoms in total. The molecule has 0 bridgehead atoms. The van der Waals surface area contributed by atoms with Gasteiger partial charge < -0.3 is 25.0 Å². The zero-order valence-electron chi connectivity index (χ0n) is 75.7. The summed E-state index contributed by atoms with van der Waals surface area (Å²) in [7, 11) is 1.86. The third kappa shape index (κ3) is 37.9. The molecule has 0 amide bonds. The lowest BCUT2D eigenvalue weighted by Gasteiger charge is -2.36. The lowest BCUT2D eigenvalue weighted by atomic mass is 9.80. The van der Waals surface area contributed by atoms with Gasteiger partial charge in [0, 0.05) is 84.5 Å². The van der Waals surface area contributed by atoms with E-state index in [0.29, 0.717) is 0 Å². The maximum Gasteiger partial charge on any atom is 0.133 e. The monoisotopic (exact) mass is 1770 g/mol. The van der Waals surface area contributed by atoms with Gasteiger partial charge in [0.25, 0.3) is 0 Å². The smallest absolute Gasteiger partial charge is 0.133 e. The minimum absolute atomic E-state index is 0.905. The lowest BCUT2D eigenvalue weighted by molar-refractivity contribution is 0.212. The Balaban J connectivity index is 0.000000138. The van der Waals surface area contributed by atoms with Crippen molar-refractivity contribution < 1.29 is 4.42 Å². The molecule has 670 valence electrons. The van der Waals surface area contributed by atoms with Crippen LogP contribution in [0.5, 0.6) is 0 Å². The first-order valence-corrected chi connectivity index (χ1v) is 46.2. The Kier molecular flexibility index (Phi) is 45.0. The highest BCUT2D eigenvalue weighted by atomic mass is 32.1. The number of thiazole rings is 1. The number of rotatable bonds is 4. The molecule has 3 aliphatic rings. The van der Waals surface area contributed by atoms with Crippen LogP contribution in [0.2, 0.25) is 0 Å². The van der Waals surface area contributed by atoms with Crippen LogP contribution in [-0.4, -0.2) is 96.0 Å². The first-order valence-electron chi connectivity index (χ1n) is 45.3. The number of benzene rings is 13. The second-order valence-corrected chi connectivity index (χ2v) is 31.3. The summed E-state index contributed by atoms with van der Waals surface area (Å²) >= 11 is 1.68. The molecule has 2 unspecified atom stereocenters. The number of H-pyrrole nitrogens is 3. The number of nitrogens with one attached hydrogen (secondary N) is 5. The number of hydrogen-bond donors (Lipinski definition) is 5. The number of hydrogen-bond acceptors (Lipinski definition) is 14. The summed E-state index contributed by atoms with van der Waals surface area (Å²) < 4.78 is 8.08. The van der Waals surface area contributed by atoms with Crippen LogP contribution in [0.25, 0.3) is 98.3 Å². The fraction of sp³-hybridized carbons (Fsp3) is 0.148. The molecule has 22 aromatic rings. The van der Waals surface area contributed by atoms with Crippen LogP contribution in [0.3, 0.4) is 0 Å². The van der Waals surface area contributed by atoms with Crippen molar-refractivity contribution in [1.82, 2.24) is 80.9 Å². The van der Waals surface area contributed by atoms with Crippen LogP contribution >= 0.6 is 11.3 Å². The highest BCUT2D eigenvalue weighted by Gasteiger charge is 2.26. The van der Waals surface area contributed by atoms with Crippen molar-refractivity contribution in [3.63, 3.8) is 0 Å². The first-order chi connectivity index (χ1) is 66.0. The molecule has 0 radical (unpaired) electrons. The van der Waals surface area contributed by atoms with Gasteiger partial charge in [0.15, 0.2) is 0 Å². The van der Waals surface area contributed by atoms with E-state index in [1.54, 1.807) is 71.9 Å². The number of aromatic nitrogens is 14. The molecule has 11 heterocycles. The van der Waals surface area contributed by atoms with Crippen molar-refractivity contribution in [2.75, 3.05) is 19.6 Å². The number of aryl methyl sites for hydroxylation is 2. The van der Waals surface area contributed by atoms with Gasteiger partial charge in [0.2, 0.25) is 0 Å². The van der Waals surface area contributed by atoms with Gasteiger partial charge in [-0.05, 0) is 193 Å². The van der Waals surface area contributed by atoms with Gasteiger partial charge in [0.05, 0.1) is 40.0 Å². The van der Waals surface area contributed by atoms with Crippen LogP contribution in [0, 0.1) is 5.92 Å². The summed E-state index contributed by atoms with van der Waals surface area (Å²) in [5.74, 6) is 1.04. The molecule has 13 aromatic carbocycles. The Morgan fingerprint density at radius 3 is 1.34 bits per heavy atom. The van der Waals surface area contributed by atoms with Crippen molar-refractivity contribution in [2.24, 2.45) is 13.0 Å². The molecule has 9 aromatic heterocycles. The molecular weight excluding hydrogens is 1650 g/mol. The van der Waals surface area contributed by atoms with Gasteiger partial charge >= 0.3 is 0 Å². The SMILES string of the molecule is C1CCC2NCCCC2C1.C1CCNCC1.CCc1ccc(-c2ccccc2)cc1.Cn1cc(-c2ccccc2)nn1.c1c[nH]cn1.c1ccc(-c2ccccc2)cc1.c1ccc2[nH]ccc2c1.c1ccc2ccccc2c1.c1ccc2n[nH]nc2c1.c1ccc2ncccc2c1.c1ccc2occc2c1.c1ccc2scnc2c1.c1ccccc1.c1ccncc1.c1cncnc1. The van der Waals surface area contributed by atoms with Gasteiger partial charge in [-0.25, -0.2) is 19.9 Å². The molecule has 0 spiro atoms. The minimum Gasteiger partial charge on any atom is -0.464 e. The van der Waals surface area contributed by atoms with Crippen LogP contribution in [-0.2, 0) is 13.5 Å². The van der Waals surface area contributed by atoms with E-state index < -0.39 is 0 Å². The highest BCUT2D eigenvalue weighted by Crippen LogP contribution is 2.30. The molecule has 1 aliphatic carbocycles. The molecule has 133 heavy (non-hydrogen) atoms. The fourth-order valence-corrected chi connectivity index (χ4v) is 14.7. The number of piperidine rings is 2. The second kappa shape index (κ2) is 61.0. The predicted octanol–water partition coefficient (Wildman–Crippen LogP) is 28.0. The topological polar surface area (TPSA) is 218 Å². The van der Waals surface area contributed by atoms with E-state index in [4.69, 9.17) is 4.42 Å². The van der Waals surface area contributed by atoms with Crippen molar-refractivity contribution in [3.05, 3.63) is 486 Å². The Bertz CT molecular complexity index is 5730. The lowest BCUT2D eigenvalue weighted by Crippen LogP contribution is -2.42. The van der Waals surface area contributed by atoms with Crippen molar-refractivity contribution in [2.45, 2.75) is 77.2 Å². The van der Waals surface area contributed by atoms with E-state index in [0.717, 1.165) is 62.7 Å². The van der Waals surface area contributed by atoms with Crippen LogP contribution in [0.1, 0.15) is 70.3 Å². The zero-order valence-corrected chi connectivity index (χ0v) is 76.5. The molecular formula is C115H118N16OS. The quantitative estimate of drug-likeness (QED) is 0.111. The molecule has 2 atom stereocenters. The normalized spacial score (nSPS) is 12.6. The third-order valence-corrected chi connectivity index (χ3v) is 21.7. The summed E-state index contributed by atoms with van der Waals surface area (Å²) in [6, 6.07) is 135. The molecule has 25 rings (SSSR count). The Morgan fingerprint density at radius 2 is 0.865 bits per heavy atom. The van der Waals surface area contributed by atoms with E-state index in [2.05, 4.69) is 265 Å². The predicted molar refractivity (Wildman–Crippen MR) is 554 cm³/mol. The van der Waals surface area contributed by atoms with Crippen molar-refractivity contribution >= 4 is 76.1 Å². The number of aromatic amines is 3. The minimum atomic E-state index is 0.905. The van der Waals surface area contributed by atoms with Crippen molar-refractivity contribution in [3.8, 4) is 33.5 Å². The number of nitrogens with zero attached hydrogens (tertiary/aromatic N) is 11. The number of para-hydroxylation sites is 6. The number of imidazole rings is 1. The number of fused-ring (bicyclic) bond motifs is 7. The summed E-state index contributed by atoms with van der Waals surface area (Å²) in [5, 5.41) is 31.3. The van der Waals surface area contributed by atoms with E-state index in [9.17, 15) is 0 Å². The van der Waals surface area contributed by atoms with Gasteiger partial charge in [-0.1, -0.05) is 353 Å². The third-order valence-electron chi connectivity index (χ3n) is 20.9. The molecule has 2 aliphatic heterocycles. The van der Waals surface area contributed by atoms with Gasteiger partial charge in [-0.2, -0.15) is 15.4 Å². The molecule has 3 fully saturated rings. The standard InChI is InChI=1S/C14H14.C12H10.C10H8.C9H9N3.C9H17N.C9H7N.C8H7N.C8H6O.C7H5NS.C6H5N3.C6H6.C5H11N.C5H5N.C4H4N2.C3H4N2/c1-2-12-8-10-14(11-9-12)13-6-4-3-5-7-13;1-3-7-11(8-4-1)12-9-5-2-6-10-12;1-2-6-10-8-4-3-7-9(10)5-1;1-12-7-9(10-11-12)8-5-3-2-4-6-8;2*1-2-6-9-8(4-1)5-3-7-10-9;2*1-2-4-8-7(3-1)5-6-9-8;1-2-4-7-6(3-1)8-5-9-7;1-2-4-6-5(3-1)7-9-8-6;3*1-2-4-6-5-3-1;1-2-5-4-6-3-1;1-2-5-3-4-1/h3-11H,2H2,1H3;1-10H;1-8H;2-7H,1H3;8-10H,1-7H2;1-7H;1-6,9H;1-6H;1-5H;1-4H,(H,7,8,9);1-6H;6H,1-5H2;1-5H;1-4H;1-3H,(H,4,5). The van der Waals surface area contributed by atoms with E-state index in [1.165, 1.54) is 143 Å². The van der Waals surface area contributed by atoms with Crippen LogP contribution in [0.15, 0.2) is 485 Å². The van der Waals surface area contributed by atoms with Crippen molar-refractivity contribution in [1.29, 1.82) is 0 Å². The molecule has 2 saturated heterocycles. The summed E-state index contributed by atoms with van der Waals surface area (Å²) in [6.07, 6.45) is 35.0. The summed E-state index contributed by atoms with van der Waals surface area (Å²) in [6.45, 7) is 5.96. The number of furan rings is 1. The van der Waals surface area contributed by atoms with Gasteiger partial charge in [0.1, 0.15) is 28.6 Å². The number of pyridine rings is 2. The van der Waals surface area contributed by atoms with E-state index in [-0.39, 0.29) is 0 Å². The van der Waals surface area contributed by atoms with Gasteiger partial charge in [-0.15, -0.1) is 16.4 Å². The van der Waals surface area contributed by atoms with E-state index in [1.807, 2.05) is 243 Å². The Labute approximate surface area is 785 Å². The molecule has 1 saturated carbocycles. The van der Waals surface area contributed by atoms with Crippen LogP contribution < -0.4 is 10.6 Å².